The number of amides is 1. The first kappa shape index (κ1) is 10.6. The van der Waals surface area contributed by atoms with Crippen LogP contribution in [0.25, 0.3) is 0 Å². The maximum Gasteiger partial charge on any atom is 0.239 e. The Hall–Kier alpha value is -0.870. The summed E-state index contributed by atoms with van der Waals surface area (Å²) in [4.78, 5) is 15.1. The summed E-state index contributed by atoms with van der Waals surface area (Å²) in [6, 6.07) is 4.02. The molecule has 1 saturated heterocycles. The molecule has 2 unspecified atom stereocenters. The van der Waals surface area contributed by atoms with Crippen LogP contribution in [0, 0.1) is 0 Å². The molecule has 2 heterocycles. The van der Waals surface area contributed by atoms with Crippen LogP contribution in [-0.4, -0.2) is 23.4 Å². The lowest BCUT2D eigenvalue weighted by Gasteiger charge is -2.25. The van der Waals surface area contributed by atoms with Crippen molar-refractivity contribution in [2.24, 2.45) is 5.73 Å². The Kier molecular flexibility index (Phi) is 3.07. The Morgan fingerprint density at radius 1 is 1.73 bits per heavy atom. The van der Waals surface area contributed by atoms with Crippen LogP contribution in [0.15, 0.2) is 17.5 Å². The van der Waals surface area contributed by atoms with E-state index in [1.165, 1.54) is 4.88 Å². The third-order valence-corrected chi connectivity index (χ3v) is 3.77. The van der Waals surface area contributed by atoms with Crippen molar-refractivity contribution in [1.82, 2.24) is 4.90 Å². The maximum atomic E-state index is 11.9. The highest BCUT2D eigenvalue weighted by Crippen LogP contribution is 2.34. The second kappa shape index (κ2) is 4.33. The van der Waals surface area contributed by atoms with Crippen molar-refractivity contribution < 1.29 is 4.79 Å². The van der Waals surface area contributed by atoms with Crippen molar-refractivity contribution in [1.29, 1.82) is 0 Å². The highest BCUT2D eigenvalue weighted by molar-refractivity contribution is 7.10. The minimum absolute atomic E-state index is 0.0749. The van der Waals surface area contributed by atoms with Crippen molar-refractivity contribution in [3.8, 4) is 0 Å². The number of hydrogen-bond donors (Lipinski definition) is 1. The van der Waals surface area contributed by atoms with Crippen LogP contribution in [0.4, 0.5) is 0 Å². The van der Waals surface area contributed by atoms with Crippen molar-refractivity contribution in [3.05, 3.63) is 22.4 Å². The molecule has 2 N–H and O–H groups in total. The normalized spacial score (nSPS) is 23.1. The standard InChI is InChI=1S/C11H16N2OS/c1-8(12)11(14)13-6-2-4-9(13)10-5-3-7-15-10/h3,5,7-9H,2,4,6,12H2,1H3. The second-order valence-electron chi connectivity index (χ2n) is 3.99. The molecular weight excluding hydrogens is 208 g/mol. The van der Waals surface area contributed by atoms with Gasteiger partial charge < -0.3 is 10.6 Å². The summed E-state index contributed by atoms with van der Waals surface area (Å²) in [7, 11) is 0. The lowest BCUT2D eigenvalue weighted by atomic mass is 10.2. The van der Waals surface area contributed by atoms with Crippen LogP contribution in [0.5, 0.6) is 0 Å². The molecular formula is C11H16N2OS. The molecule has 0 saturated carbocycles. The molecule has 1 fully saturated rings. The van der Waals surface area contributed by atoms with Gasteiger partial charge in [-0.25, -0.2) is 0 Å². The zero-order valence-corrected chi connectivity index (χ0v) is 9.67. The van der Waals surface area contributed by atoms with E-state index in [-0.39, 0.29) is 18.0 Å². The van der Waals surface area contributed by atoms with E-state index in [2.05, 4.69) is 11.4 Å². The van der Waals surface area contributed by atoms with Crippen molar-refractivity contribution in [2.45, 2.75) is 31.8 Å². The molecule has 4 heteroatoms. The van der Waals surface area contributed by atoms with Crippen molar-refractivity contribution in [3.63, 3.8) is 0 Å². The quantitative estimate of drug-likeness (QED) is 0.832. The third-order valence-electron chi connectivity index (χ3n) is 2.80. The molecule has 2 atom stereocenters. The highest BCUT2D eigenvalue weighted by Gasteiger charge is 2.31. The fraction of sp³-hybridized carbons (Fsp3) is 0.545. The average Bonchev–Trinajstić information content (AvgIpc) is 2.86. The number of hydrogen-bond acceptors (Lipinski definition) is 3. The first-order chi connectivity index (χ1) is 7.20. The van der Waals surface area contributed by atoms with Crippen molar-refractivity contribution in [2.75, 3.05) is 6.54 Å². The van der Waals surface area contributed by atoms with Gasteiger partial charge in [-0.3, -0.25) is 4.79 Å². The minimum atomic E-state index is -0.384. The molecule has 0 bridgehead atoms. The molecule has 1 aromatic heterocycles. The Morgan fingerprint density at radius 2 is 2.53 bits per heavy atom. The monoisotopic (exact) mass is 224 g/mol. The smallest absolute Gasteiger partial charge is 0.239 e. The van der Waals surface area contributed by atoms with Gasteiger partial charge in [-0.05, 0) is 31.2 Å². The molecule has 1 amide bonds. The van der Waals surface area contributed by atoms with E-state index in [0.717, 1.165) is 19.4 Å². The number of carbonyl (C=O) groups excluding carboxylic acids is 1. The molecule has 1 aliphatic heterocycles. The summed E-state index contributed by atoms with van der Waals surface area (Å²) < 4.78 is 0. The molecule has 0 spiro atoms. The molecule has 2 rings (SSSR count). The summed E-state index contributed by atoms with van der Waals surface area (Å²) in [6.45, 7) is 2.61. The van der Waals surface area contributed by atoms with Crippen LogP contribution in [0.2, 0.25) is 0 Å². The van der Waals surface area contributed by atoms with Gasteiger partial charge in [0.2, 0.25) is 5.91 Å². The number of nitrogens with zero attached hydrogens (tertiary/aromatic N) is 1. The number of nitrogens with two attached hydrogens (primary N) is 1. The first-order valence-corrected chi connectivity index (χ1v) is 6.17. The maximum absolute atomic E-state index is 11.9. The number of thiophene rings is 1. The predicted octanol–water partition coefficient (Wildman–Crippen LogP) is 1.76. The van der Waals surface area contributed by atoms with Gasteiger partial charge in [0.05, 0.1) is 12.1 Å². The van der Waals surface area contributed by atoms with Crippen LogP contribution in [0.3, 0.4) is 0 Å². The molecule has 0 aliphatic carbocycles. The molecule has 82 valence electrons. The van der Waals surface area contributed by atoms with E-state index in [1.54, 1.807) is 18.3 Å². The van der Waals surface area contributed by atoms with Crippen LogP contribution < -0.4 is 5.73 Å². The van der Waals surface area contributed by atoms with Gasteiger partial charge in [-0.2, -0.15) is 0 Å². The zero-order chi connectivity index (χ0) is 10.8. The third kappa shape index (κ3) is 2.06. The van der Waals surface area contributed by atoms with Gasteiger partial charge in [-0.15, -0.1) is 11.3 Å². The van der Waals surface area contributed by atoms with E-state index in [4.69, 9.17) is 5.73 Å². The Labute approximate surface area is 93.9 Å². The number of rotatable bonds is 2. The number of carbonyl (C=O) groups is 1. The minimum Gasteiger partial charge on any atom is -0.334 e. The first-order valence-electron chi connectivity index (χ1n) is 5.29. The van der Waals surface area contributed by atoms with E-state index in [9.17, 15) is 4.79 Å². The summed E-state index contributed by atoms with van der Waals surface area (Å²) in [6.07, 6.45) is 2.15. The Bertz CT molecular complexity index is 334. The average molecular weight is 224 g/mol. The molecule has 3 nitrogen and oxygen atoms in total. The van der Waals surface area contributed by atoms with Gasteiger partial charge >= 0.3 is 0 Å². The lowest BCUT2D eigenvalue weighted by molar-refractivity contribution is -0.133. The number of likely N-dealkylation sites (tertiary alicyclic amines) is 1. The second-order valence-corrected chi connectivity index (χ2v) is 4.97. The molecule has 0 aromatic carbocycles. The molecule has 1 aliphatic rings. The largest absolute Gasteiger partial charge is 0.334 e. The fourth-order valence-corrected chi connectivity index (χ4v) is 2.94. The molecule has 15 heavy (non-hydrogen) atoms. The zero-order valence-electron chi connectivity index (χ0n) is 8.85. The SMILES string of the molecule is CC(N)C(=O)N1CCCC1c1cccs1. The lowest BCUT2D eigenvalue weighted by Crippen LogP contribution is -2.41. The van der Waals surface area contributed by atoms with Gasteiger partial charge in [0.1, 0.15) is 0 Å². The Balaban J connectivity index is 2.15. The summed E-state index contributed by atoms with van der Waals surface area (Å²) >= 11 is 1.72. The van der Waals surface area contributed by atoms with E-state index < -0.39 is 0 Å². The van der Waals surface area contributed by atoms with Gasteiger partial charge in [-0.1, -0.05) is 6.07 Å². The topological polar surface area (TPSA) is 46.3 Å². The summed E-state index contributed by atoms with van der Waals surface area (Å²) in [5.41, 5.74) is 5.64. The summed E-state index contributed by atoms with van der Waals surface area (Å²) in [5, 5.41) is 2.06. The molecule has 1 aromatic rings. The summed E-state index contributed by atoms with van der Waals surface area (Å²) in [5.74, 6) is 0.0749. The molecule has 0 radical (unpaired) electrons. The van der Waals surface area contributed by atoms with E-state index in [0.29, 0.717) is 0 Å². The van der Waals surface area contributed by atoms with Crippen LogP contribution in [-0.2, 0) is 4.79 Å². The van der Waals surface area contributed by atoms with Gasteiger partial charge in [0, 0.05) is 11.4 Å². The van der Waals surface area contributed by atoms with E-state index >= 15 is 0 Å². The van der Waals surface area contributed by atoms with E-state index in [1.807, 2.05) is 11.0 Å². The van der Waals surface area contributed by atoms with Gasteiger partial charge in [0.15, 0.2) is 0 Å². The predicted molar refractivity (Wildman–Crippen MR) is 61.7 cm³/mol. The van der Waals surface area contributed by atoms with Crippen molar-refractivity contribution >= 4 is 17.2 Å². The highest BCUT2D eigenvalue weighted by atomic mass is 32.1. The fourth-order valence-electron chi connectivity index (χ4n) is 2.07. The Morgan fingerprint density at radius 3 is 3.13 bits per heavy atom. The van der Waals surface area contributed by atoms with Crippen LogP contribution in [0.1, 0.15) is 30.7 Å². The van der Waals surface area contributed by atoms with Gasteiger partial charge in [0.25, 0.3) is 0 Å². The van der Waals surface area contributed by atoms with Crippen LogP contribution >= 0.6 is 11.3 Å².